The summed E-state index contributed by atoms with van der Waals surface area (Å²) < 4.78 is 55.3. The van der Waals surface area contributed by atoms with Gasteiger partial charge in [0.15, 0.2) is 23.0 Å². The number of methoxy groups -OCH3 is 2. The molecule has 10 nitrogen and oxygen atoms in total. The quantitative estimate of drug-likeness (QED) is 0.685. The van der Waals surface area contributed by atoms with Gasteiger partial charge in [-0.25, -0.2) is 8.42 Å². The number of hydrogen-bond acceptors (Lipinski definition) is 8. The molecule has 2 aromatic rings. The Bertz CT molecular complexity index is 1100. The van der Waals surface area contributed by atoms with Gasteiger partial charge in [0.1, 0.15) is 6.61 Å². The lowest BCUT2D eigenvalue weighted by molar-refractivity contribution is -0.145. The highest BCUT2D eigenvalue weighted by molar-refractivity contribution is 7.92. The molecule has 0 aliphatic carbocycles. The molecule has 0 bridgehead atoms. The summed E-state index contributed by atoms with van der Waals surface area (Å²) in [6, 6.07) is 8.94. The highest BCUT2D eigenvalue weighted by Crippen LogP contribution is 2.35. The van der Waals surface area contributed by atoms with E-state index in [2.05, 4.69) is 4.72 Å². The Hall–Kier alpha value is -3.18. The summed E-state index contributed by atoms with van der Waals surface area (Å²) in [7, 11) is -0.947. The lowest BCUT2D eigenvalue weighted by Crippen LogP contribution is -2.50. The fourth-order valence-electron chi connectivity index (χ4n) is 3.44. The van der Waals surface area contributed by atoms with Crippen molar-refractivity contribution in [2.75, 3.05) is 51.9 Å². The zero-order valence-electron chi connectivity index (χ0n) is 17.7. The molecular weight excluding hydrogens is 440 g/mol. The third kappa shape index (κ3) is 4.53. The Kier molecular flexibility index (Phi) is 6.28. The summed E-state index contributed by atoms with van der Waals surface area (Å²) in [4.78, 5) is 14.3. The van der Waals surface area contributed by atoms with Gasteiger partial charge >= 0.3 is 0 Å². The predicted octanol–water partition coefficient (Wildman–Crippen LogP) is 1.50. The monoisotopic (exact) mass is 464 g/mol. The molecule has 11 heteroatoms. The summed E-state index contributed by atoms with van der Waals surface area (Å²) in [6.07, 6.45) is -0.784. The first kappa shape index (κ1) is 22.0. The number of hydrogen-bond donors (Lipinski definition) is 1. The first-order valence-electron chi connectivity index (χ1n) is 9.96. The van der Waals surface area contributed by atoms with Crippen molar-refractivity contribution in [3.63, 3.8) is 0 Å². The molecule has 2 heterocycles. The van der Waals surface area contributed by atoms with Gasteiger partial charge in [-0.1, -0.05) is 0 Å². The Labute approximate surface area is 186 Å². The molecule has 0 saturated carbocycles. The summed E-state index contributed by atoms with van der Waals surface area (Å²) in [5, 5.41) is 0. The predicted molar refractivity (Wildman–Crippen MR) is 114 cm³/mol. The topological polar surface area (TPSA) is 113 Å². The molecule has 2 aromatic carbocycles. The zero-order valence-corrected chi connectivity index (χ0v) is 18.5. The fourth-order valence-corrected chi connectivity index (χ4v) is 4.51. The summed E-state index contributed by atoms with van der Waals surface area (Å²) in [5.41, 5.74) is 0.314. The summed E-state index contributed by atoms with van der Waals surface area (Å²) in [6.45, 7) is 1.99. The van der Waals surface area contributed by atoms with E-state index in [-0.39, 0.29) is 23.2 Å². The molecule has 0 aromatic heterocycles. The Balaban J connectivity index is 1.49. The number of benzene rings is 2. The van der Waals surface area contributed by atoms with Crippen LogP contribution in [0, 0.1) is 0 Å². The Morgan fingerprint density at radius 3 is 2.50 bits per heavy atom. The molecule has 1 N–H and O–H groups in total. The normalized spacial score (nSPS) is 18.1. The van der Waals surface area contributed by atoms with Crippen LogP contribution < -0.4 is 23.7 Å². The molecule has 2 aliphatic rings. The first-order chi connectivity index (χ1) is 15.4. The maximum atomic E-state index is 12.9. The number of fused-ring (bicyclic) bond motifs is 1. The zero-order chi connectivity index (χ0) is 22.7. The number of carbonyl (C=O) groups is 1. The number of carbonyl (C=O) groups excluding carboxylic acids is 1. The number of anilines is 1. The summed E-state index contributed by atoms with van der Waals surface area (Å²) in [5.74, 6) is 1.27. The maximum Gasteiger partial charge on any atom is 0.267 e. The molecule has 32 heavy (non-hydrogen) atoms. The first-order valence-corrected chi connectivity index (χ1v) is 11.4. The second-order valence-corrected chi connectivity index (χ2v) is 8.82. The minimum absolute atomic E-state index is 0.00417. The van der Waals surface area contributed by atoms with Gasteiger partial charge < -0.3 is 28.6 Å². The van der Waals surface area contributed by atoms with E-state index in [1.807, 2.05) is 0 Å². The lowest BCUT2D eigenvalue weighted by Gasteiger charge is -2.32. The second-order valence-electron chi connectivity index (χ2n) is 7.14. The molecular formula is C21H24N2O8S. The van der Waals surface area contributed by atoms with Crippen molar-refractivity contribution >= 4 is 21.6 Å². The van der Waals surface area contributed by atoms with E-state index in [9.17, 15) is 13.2 Å². The van der Waals surface area contributed by atoms with E-state index in [0.717, 1.165) is 0 Å². The number of amides is 1. The molecule has 4 rings (SSSR count). The minimum Gasteiger partial charge on any atom is -0.493 e. The van der Waals surface area contributed by atoms with Crippen LogP contribution >= 0.6 is 0 Å². The third-order valence-electron chi connectivity index (χ3n) is 5.12. The SMILES string of the molecule is COc1ccc(NS(=O)(=O)c2ccc3c(c2)OC[C@@H](C(=O)N2CCOCC2)O3)cc1OC. The average molecular weight is 464 g/mol. The van der Waals surface area contributed by atoms with Gasteiger partial charge in [-0.15, -0.1) is 0 Å². The van der Waals surface area contributed by atoms with Crippen molar-refractivity contribution in [3.8, 4) is 23.0 Å². The number of ether oxygens (including phenoxy) is 5. The van der Waals surface area contributed by atoms with E-state index in [4.69, 9.17) is 23.7 Å². The van der Waals surface area contributed by atoms with Gasteiger partial charge in [-0.05, 0) is 24.3 Å². The molecule has 1 fully saturated rings. The molecule has 0 spiro atoms. The van der Waals surface area contributed by atoms with Crippen LogP contribution in [0.4, 0.5) is 5.69 Å². The van der Waals surface area contributed by atoms with Crippen molar-refractivity contribution in [1.29, 1.82) is 0 Å². The molecule has 172 valence electrons. The van der Waals surface area contributed by atoms with Crippen LogP contribution in [-0.2, 0) is 19.6 Å². The van der Waals surface area contributed by atoms with Gasteiger partial charge in [0.25, 0.3) is 15.9 Å². The van der Waals surface area contributed by atoms with Crippen molar-refractivity contribution in [1.82, 2.24) is 4.90 Å². The van der Waals surface area contributed by atoms with E-state index < -0.39 is 16.1 Å². The second kappa shape index (κ2) is 9.13. The van der Waals surface area contributed by atoms with E-state index in [1.165, 1.54) is 38.5 Å². The van der Waals surface area contributed by atoms with Crippen LogP contribution in [0.1, 0.15) is 0 Å². The number of nitrogens with one attached hydrogen (secondary N) is 1. The van der Waals surface area contributed by atoms with Gasteiger partial charge in [-0.2, -0.15) is 0 Å². The average Bonchev–Trinajstić information content (AvgIpc) is 2.83. The van der Waals surface area contributed by atoms with Gasteiger partial charge in [0, 0.05) is 25.2 Å². The molecule has 1 saturated heterocycles. The Morgan fingerprint density at radius 1 is 1.03 bits per heavy atom. The van der Waals surface area contributed by atoms with Crippen LogP contribution in [0.15, 0.2) is 41.3 Å². The highest BCUT2D eigenvalue weighted by atomic mass is 32.2. The smallest absolute Gasteiger partial charge is 0.267 e. The summed E-state index contributed by atoms with van der Waals surface area (Å²) >= 11 is 0. The van der Waals surface area contributed by atoms with Crippen LogP contribution in [0.25, 0.3) is 0 Å². The van der Waals surface area contributed by atoms with Crippen molar-refractivity contribution in [3.05, 3.63) is 36.4 Å². The van der Waals surface area contributed by atoms with E-state index >= 15 is 0 Å². The Morgan fingerprint density at radius 2 is 1.78 bits per heavy atom. The molecule has 1 amide bonds. The highest BCUT2D eigenvalue weighted by Gasteiger charge is 2.32. The van der Waals surface area contributed by atoms with Gasteiger partial charge in [0.05, 0.1) is 38.0 Å². The minimum atomic E-state index is -3.91. The largest absolute Gasteiger partial charge is 0.493 e. The third-order valence-corrected chi connectivity index (χ3v) is 6.50. The van der Waals surface area contributed by atoms with Gasteiger partial charge in [-0.3, -0.25) is 9.52 Å². The standard InChI is InChI=1S/C21H24N2O8S/c1-27-16-5-3-14(11-18(16)28-2)22-32(25,26)15-4-6-17-19(12-15)30-13-20(31-17)21(24)23-7-9-29-10-8-23/h3-6,11-12,20,22H,7-10,13H2,1-2H3/t20-/m0/s1. The number of morpholine rings is 1. The van der Waals surface area contributed by atoms with Crippen LogP contribution in [-0.4, -0.2) is 72.5 Å². The van der Waals surface area contributed by atoms with Crippen LogP contribution in [0.2, 0.25) is 0 Å². The van der Waals surface area contributed by atoms with E-state index in [1.54, 1.807) is 17.0 Å². The maximum absolute atomic E-state index is 12.9. The number of nitrogens with zero attached hydrogens (tertiary/aromatic N) is 1. The number of sulfonamides is 1. The molecule has 0 radical (unpaired) electrons. The van der Waals surface area contributed by atoms with E-state index in [0.29, 0.717) is 49.2 Å². The molecule has 0 unspecified atom stereocenters. The van der Waals surface area contributed by atoms with Crippen LogP contribution in [0.3, 0.4) is 0 Å². The fraction of sp³-hybridized carbons (Fsp3) is 0.381. The van der Waals surface area contributed by atoms with Crippen molar-refractivity contribution in [2.24, 2.45) is 0 Å². The lowest BCUT2D eigenvalue weighted by atomic mass is 10.2. The molecule has 1 atom stereocenters. The van der Waals surface area contributed by atoms with Crippen LogP contribution in [0.5, 0.6) is 23.0 Å². The molecule has 2 aliphatic heterocycles. The van der Waals surface area contributed by atoms with Gasteiger partial charge in [0.2, 0.25) is 6.10 Å². The van der Waals surface area contributed by atoms with Crippen molar-refractivity contribution in [2.45, 2.75) is 11.0 Å². The number of rotatable bonds is 6. The van der Waals surface area contributed by atoms with Crippen molar-refractivity contribution < 1.29 is 36.9 Å².